The molecule has 0 spiro atoms. The van der Waals surface area contributed by atoms with Gasteiger partial charge in [0, 0.05) is 25.2 Å². The fraction of sp³-hybridized carbons (Fsp3) is 0.667. The van der Waals surface area contributed by atoms with Crippen LogP contribution < -0.4 is 21.3 Å². The number of nitrogens with zero attached hydrogens (tertiary/aromatic N) is 1. The summed E-state index contributed by atoms with van der Waals surface area (Å²) in [6, 6.07) is 5.91. The molecule has 0 radical (unpaired) electrons. The van der Waals surface area contributed by atoms with Crippen molar-refractivity contribution in [1.29, 1.82) is 0 Å². The lowest BCUT2D eigenvalue weighted by Gasteiger charge is -2.35. The van der Waals surface area contributed by atoms with Gasteiger partial charge in [-0.3, -0.25) is 24.0 Å². The highest BCUT2D eigenvalue weighted by Gasteiger charge is 2.42. The van der Waals surface area contributed by atoms with E-state index in [2.05, 4.69) is 35.1 Å². The van der Waals surface area contributed by atoms with E-state index in [4.69, 9.17) is 4.74 Å². The van der Waals surface area contributed by atoms with E-state index in [9.17, 15) is 28.8 Å². The maximum Gasteiger partial charge on any atom is 0.408 e. The number of likely N-dealkylation sites (tertiary alicyclic amines) is 1. The van der Waals surface area contributed by atoms with Gasteiger partial charge in [-0.15, -0.1) is 0 Å². The first-order valence-corrected chi connectivity index (χ1v) is 17.6. The summed E-state index contributed by atoms with van der Waals surface area (Å²) in [6.45, 7) is 11.9. The average Bonchev–Trinajstić information content (AvgIpc) is 3.55. The molecule has 4 N–H and O–H groups in total. The Balaban J connectivity index is 0.00000257. The first-order valence-electron chi connectivity index (χ1n) is 17.6. The van der Waals surface area contributed by atoms with Gasteiger partial charge in [0.1, 0.15) is 17.7 Å². The molecule has 1 aromatic rings. The summed E-state index contributed by atoms with van der Waals surface area (Å²) in [4.78, 5) is 79.5. The van der Waals surface area contributed by atoms with Gasteiger partial charge in [-0.05, 0) is 70.9 Å². The monoisotopic (exact) mass is 671 g/mol. The summed E-state index contributed by atoms with van der Waals surface area (Å²) in [6.07, 6.45) is 6.91. The van der Waals surface area contributed by atoms with Crippen LogP contribution >= 0.6 is 0 Å². The number of hydrogen-bond donors (Lipinski definition) is 4. The first-order chi connectivity index (χ1) is 22.8. The van der Waals surface area contributed by atoms with Gasteiger partial charge < -0.3 is 30.9 Å². The minimum Gasteiger partial charge on any atom is -0.444 e. The summed E-state index contributed by atoms with van der Waals surface area (Å²) in [7, 11) is 0. The number of hydrogen-bond acceptors (Lipinski definition) is 7. The van der Waals surface area contributed by atoms with Crippen LogP contribution in [-0.4, -0.2) is 83.8 Å². The maximum atomic E-state index is 13.9. The Kier molecular flexibility index (Phi) is 17.1. The fourth-order valence-electron chi connectivity index (χ4n) is 5.88. The molecule has 2 aliphatic rings. The van der Waals surface area contributed by atoms with Gasteiger partial charge in [0.05, 0.1) is 6.04 Å². The summed E-state index contributed by atoms with van der Waals surface area (Å²) in [5.41, 5.74) is -0.250. The normalized spacial score (nSPS) is 17.5. The van der Waals surface area contributed by atoms with Crippen molar-refractivity contribution >= 4 is 35.5 Å². The molecule has 12 nitrogen and oxygen atoms in total. The fourth-order valence-corrected chi connectivity index (χ4v) is 5.88. The number of amides is 5. The third-order valence-electron chi connectivity index (χ3n) is 8.06. The van der Waals surface area contributed by atoms with Gasteiger partial charge in [0.2, 0.25) is 17.6 Å². The molecule has 1 heterocycles. The molecule has 3 atom stereocenters. The minimum absolute atomic E-state index is 0.0358. The molecule has 1 saturated heterocycles. The number of carbonyl (C=O) groups is 6. The third-order valence-corrected chi connectivity index (χ3v) is 8.06. The molecule has 48 heavy (non-hydrogen) atoms. The van der Waals surface area contributed by atoms with E-state index in [0.717, 1.165) is 32.1 Å². The molecular formula is C36H57N5O7. The van der Waals surface area contributed by atoms with E-state index < -0.39 is 47.4 Å². The van der Waals surface area contributed by atoms with Crippen LogP contribution in [0.15, 0.2) is 30.3 Å². The van der Waals surface area contributed by atoms with E-state index >= 15 is 0 Å². The summed E-state index contributed by atoms with van der Waals surface area (Å²) < 4.78 is 5.45. The van der Waals surface area contributed by atoms with E-state index in [0.29, 0.717) is 31.4 Å². The minimum atomic E-state index is -1.06. The highest BCUT2D eigenvalue weighted by Crippen LogP contribution is 2.29. The molecule has 268 valence electrons. The first kappa shape index (κ1) is 40.2. The van der Waals surface area contributed by atoms with Crippen LogP contribution in [-0.2, 0) is 23.9 Å². The van der Waals surface area contributed by atoms with Crippen molar-refractivity contribution < 1.29 is 33.5 Å². The zero-order valence-corrected chi connectivity index (χ0v) is 29.7. The zero-order chi connectivity index (χ0) is 35.7. The van der Waals surface area contributed by atoms with Crippen molar-refractivity contribution in [2.24, 2.45) is 5.92 Å². The van der Waals surface area contributed by atoms with Gasteiger partial charge in [0.15, 0.2) is 0 Å². The van der Waals surface area contributed by atoms with Gasteiger partial charge in [0.25, 0.3) is 11.8 Å². The topological polar surface area (TPSA) is 163 Å². The van der Waals surface area contributed by atoms with Gasteiger partial charge in [-0.25, -0.2) is 4.79 Å². The third kappa shape index (κ3) is 13.3. The summed E-state index contributed by atoms with van der Waals surface area (Å²) in [5.74, 6) is -2.86. The average molecular weight is 672 g/mol. The number of alkyl carbamates (subject to hydrolysis) is 1. The molecule has 3 rings (SSSR count). The molecule has 12 heteroatoms. The predicted molar refractivity (Wildman–Crippen MR) is 184 cm³/mol. The second-order valence-electron chi connectivity index (χ2n) is 13.5. The predicted octanol–water partition coefficient (Wildman–Crippen LogP) is 4.27. The lowest BCUT2D eigenvalue weighted by molar-refractivity contribution is -0.143. The summed E-state index contributed by atoms with van der Waals surface area (Å²) in [5, 5.41) is 10.7. The quantitative estimate of drug-likeness (QED) is 0.180. The Morgan fingerprint density at radius 1 is 0.854 bits per heavy atom. The van der Waals surface area contributed by atoms with Crippen LogP contribution in [0.4, 0.5) is 4.79 Å². The molecule has 1 saturated carbocycles. The SMILES string of the molecule is CCC.CCCC(NC(=O)[C@@H]1CCCN1C(=O)C(NC(=O)OC(C)(C)C)C1CCCCC1)C(=O)C(=O)NCCNC(=O)c1ccccc1. The molecule has 0 bridgehead atoms. The lowest BCUT2D eigenvalue weighted by Crippen LogP contribution is -2.58. The van der Waals surface area contributed by atoms with Crippen molar-refractivity contribution in [3.8, 4) is 0 Å². The van der Waals surface area contributed by atoms with Crippen LogP contribution in [0.3, 0.4) is 0 Å². The van der Waals surface area contributed by atoms with Crippen LogP contribution in [0.1, 0.15) is 116 Å². The standard InChI is InChI=1S/C33H49N5O7.C3H8/c1-5-13-24(27(39)30(42)35-20-19-34-28(40)23-16-10-7-11-17-23)36-29(41)25-18-12-21-38(25)31(43)26(22-14-8-6-9-15-22)37-32(44)45-33(2,3)4;1-3-2/h7,10-11,16-17,22,24-26H,5-6,8-9,12-15,18-21H2,1-4H3,(H,34,40)(H,35,42)(H,36,41)(H,37,44);3H2,1-2H3/t24?,25-,26?;/m0./s1. The Bertz CT molecular complexity index is 1210. The molecule has 1 aliphatic carbocycles. The highest BCUT2D eigenvalue weighted by atomic mass is 16.6. The number of ketones is 1. The number of carbonyl (C=O) groups excluding carboxylic acids is 6. The lowest BCUT2D eigenvalue weighted by atomic mass is 9.83. The highest BCUT2D eigenvalue weighted by molar-refractivity contribution is 6.38. The maximum absolute atomic E-state index is 13.9. The molecule has 0 aromatic heterocycles. The zero-order valence-electron chi connectivity index (χ0n) is 29.7. The van der Waals surface area contributed by atoms with Crippen molar-refractivity contribution in [2.45, 2.75) is 129 Å². The van der Waals surface area contributed by atoms with Crippen molar-refractivity contribution in [1.82, 2.24) is 26.2 Å². The van der Waals surface area contributed by atoms with Gasteiger partial charge >= 0.3 is 6.09 Å². The number of Topliss-reactive ketones (excluding diaryl/α,β-unsaturated/α-hetero) is 1. The molecule has 1 aliphatic heterocycles. The Morgan fingerprint density at radius 2 is 1.48 bits per heavy atom. The van der Waals surface area contributed by atoms with Crippen LogP contribution in [0.2, 0.25) is 0 Å². The molecule has 2 unspecified atom stereocenters. The smallest absolute Gasteiger partial charge is 0.408 e. The number of nitrogens with one attached hydrogen (secondary N) is 4. The Hall–Kier alpha value is -3.96. The molecule has 1 aromatic carbocycles. The largest absolute Gasteiger partial charge is 0.444 e. The van der Waals surface area contributed by atoms with Crippen LogP contribution in [0.5, 0.6) is 0 Å². The number of ether oxygens (including phenoxy) is 1. The molecular weight excluding hydrogens is 614 g/mol. The van der Waals surface area contributed by atoms with Crippen molar-refractivity contribution in [3.05, 3.63) is 35.9 Å². The van der Waals surface area contributed by atoms with E-state index in [1.165, 1.54) is 11.3 Å². The Labute approximate surface area is 285 Å². The van der Waals surface area contributed by atoms with Crippen LogP contribution in [0.25, 0.3) is 0 Å². The van der Waals surface area contributed by atoms with Crippen molar-refractivity contribution in [3.63, 3.8) is 0 Å². The second-order valence-corrected chi connectivity index (χ2v) is 13.5. The van der Waals surface area contributed by atoms with Gasteiger partial charge in [-0.2, -0.15) is 0 Å². The number of benzene rings is 1. The number of rotatable bonds is 13. The molecule has 5 amide bonds. The molecule has 2 fully saturated rings. The van der Waals surface area contributed by atoms with Crippen molar-refractivity contribution in [2.75, 3.05) is 19.6 Å². The summed E-state index contributed by atoms with van der Waals surface area (Å²) >= 11 is 0. The van der Waals surface area contributed by atoms with E-state index in [-0.39, 0.29) is 37.2 Å². The van der Waals surface area contributed by atoms with E-state index in [1.54, 1.807) is 51.1 Å². The van der Waals surface area contributed by atoms with E-state index in [1.807, 2.05) is 6.92 Å². The van der Waals surface area contributed by atoms with Gasteiger partial charge in [-0.1, -0.05) is 71.1 Å². The van der Waals surface area contributed by atoms with Crippen LogP contribution in [0, 0.1) is 5.92 Å². The Morgan fingerprint density at radius 3 is 2.08 bits per heavy atom. The second kappa shape index (κ2) is 20.4.